The van der Waals surface area contributed by atoms with Gasteiger partial charge in [-0.15, -0.1) is 11.3 Å². The van der Waals surface area contributed by atoms with E-state index >= 15 is 0 Å². The Kier molecular flexibility index (Phi) is 4.81. The van der Waals surface area contributed by atoms with E-state index in [0.717, 1.165) is 23.9 Å². The lowest BCUT2D eigenvalue weighted by atomic mass is 9.97. The van der Waals surface area contributed by atoms with Crippen molar-refractivity contribution in [3.8, 4) is 11.3 Å². The van der Waals surface area contributed by atoms with Crippen LogP contribution in [0.4, 0.5) is 0 Å². The average molecular weight is 424 g/mol. The van der Waals surface area contributed by atoms with Crippen LogP contribution in [0, 0.1) is 0 Å². The number of aromatic nitrogens is 2. The number of nitrogens with zero attached hydrogens (tertiary/aromatic N) is 3. The summed E-state index contributed by atoms with van der Waals surface area (Å²) in [5.74, 6) is 0.879. The second-order valence-electron chi connectivity index (χ2n) is 7.17. The van der Waals surface area contributed by atoms with Crippen LogP contribution in [0.3, 0.4) is 0 Å². The Morgan fingerprint density at radius 3 is 2.62 bits per heavy atom. The molecule has 146 valence electrons. The molecule has 0 aliphatic carbocycles. The van der Waals surface area contributed by atoms with Crippen LogP contribution in [0.5, 0.6) is 0 Å². The molecule has 1 fully saturated rings. The number of hydrogen-bond acceptors (Lipinski definition) is 5. The molecule has 0 radical (unpaired) electrons. The molecule has 5 nitrogen and oxygen atoms in total. The van der Waals surface area contributed by atoms with Crippen molar-refractivity contribution in [3.05, 3.63) is 70.3 Å². The molecule has 0 spiro atoms. The third-order valence-electron chi connectivity index (χ3n) is 5.30. The van der Waals surface area contributed by atoms with E-state index in [-0.39, 0.29) is 5.91 Å². The molecular formula is C22H18ClN3O2S. The summed E-state index contributed by atoms with van der Waals surface area (Å²) in [6.45, 7) is 1.39. The number of piperidine rings is 1. The summed E-state index contributed by atoms with van der Waals surface area (Å²) < 4.78 is 6.60. The quantitative estimate of drug-likeness (QED) is 0.428. The molecule has 3 heterocycles. The van der Waals surface area contributed by atoms with Crippen LogP contribution in [0.2, 0.25) is 5.02 Å². The number of fused-ring (bicyclic) bond motifs is 1. The van der Waals surface area contributed by atoms with Crippen molar-refractivity contribution in [1.82, 2.24) is 15.0 Å². The van der Waals surface area contributed by atoms with E-state index in [0.29, 0.717) is 35.5 Å². The SMILES string of the molecule is O=C(c1cc(-c2ccc(Cl)cc2)on1)N1CCC(c2nc3ccccc3s2)CC1. The standard InChI is InChI=1S/C22H18ClN3O2S/c23-16-7-5-14(6-8-16)19-13-18(25-28-19)22(27)26-11-9-15(10-12-26)21-24-17-3-1-2-4-20(17)29-21/h1-8,13,15H,9-12H2. The largest absolute Gasteiger partial charge is 0.355 e. The number of thiazole rings is 1. The molecule has 5 rings (SSSR count). The first-order valence-electron chi connectivity index (χ1n) is 9.55. The first-order chi connectivity index (χ1) is 14.2. The fourth-order valence-electron chi connectivity index (χ4n) is 3.68. The van der Waals surface area contributed by atoms with Crippen molar-refractivity contribution in [2.75, 3.05) is 13.1 Å². The summed E-state index contributed by atoms with van der Waals surface area (Å²) in [6.07, 6.45) is 1.82. The molecule has 1 aliphatic rings. The van der Waals surface area contributed by atoms with Gasteiger partial charge < -0.3 is 9.42 Å². The fraction of sp³-hybridized carbons (Fsp3) is 0.227. The number of benzene rings is 2. The predicted octanol–water partition coefficient (Wildman–Crippen LogP) is 5.62. The highest BCUT2D eigenvalue weighted by Crippen LogP contribution is 2.34. The summed E-state index contributed by atoms with van der Waals surface area (Å²) in [6, 6.07) is 17.2. The van der Waals surface area contributed by atoms with Gasteiger partial charge in [-0.2, -0.15) is 0 Å². The summed E-state index contributed by atoms with van der Waals surface area (Å²) >= 11 is 7.68. The third-order valence-corrected chi connectivity index (χ3v) is 6.75. The fourth-order valence-corrected chi connectivity index (χ4v) is 4.94. The van der Waals surface area contributed by atoms with Crippen molar-refractivity contribution in [3.63, 3.8) is 0 Å². The van der Waals surface area contributed by atoms with E-state index in [1.165, 1.54) is 9.71 Å². The van der Waals surface area contributed by atoms with Crippen LogP contribution in [0.25, 0.3) is 21.5 Å². The molecule has 0 saturated carbocycles. The van der Waals surface area contributed by atoms with Crippen LogP contribution in [0.15, 0.2) is 59.1 Å². The minimum Gasteiger partial charge on any atom is -0.355 e. The molecule has 0 unspecified atom stereocenters. The van der Waals surface area contributed by atoms with Gasteiger partial charge in [0.1, 0.15) is 0 Å². The number of hydrogen-bond donors (Lipinski definition) is 0. The summed E-state index contributed by atoms with van der Waals surface area (Å²) in [7, 11) is 0. The van der Waals surface area contributed by atoms with Crippen molar-refractivity contribution in [2.24, 2.45) is 0 Å². The molecule has 2 aromatic heterocycles. The zero-order valence-corrected chi connectivity index (χ0v) is 17.1. The van der Waals surface area contributed by atoms with Crippen LogP contribution in [0.1, 0.15) is 34.3 Å². The van der Waals surface area contributed by atoms with Crippen LogP contribution in [-0.4, -0.2) is 34.0 Å². The maximum absolute atomic E-state index is 12.9. The highest BCUT2D eigenvalue weighted by atomic mass is 35.5. The minimum absolute atomic E-state index is 0.0864. The smallest absolute Gasteiger partial charge is 0.276 e. The summed E-state index contributed by atoms with van der Waals surface area (Å²) in [5, 5.41) is 5.81. The van der Waals surface area contributed by atoms with Gasteiger partial charge in [0, 0.05) is 35.7 Å². The Morgan fingerprint density at radius 1 is 1.10 bits per heavy atom. The van der Waals surface area contributed by atoms with E-state index < -0.39 is 0 Å². The van der Waals surface area contributed by atoms with Crippen LogP contribution in [-0.2, 0) is 0 Å². The highest BCUT2D eigenvalue weighted by molar-refractivity contribution is 7.18. The summed E-state index contributed by atoms with van der Waals surface area (Å²) in [5.41, 5.74) is 2.24. The van der Waals surface area contributed by atoms with Gasteiger partial charge >= 0.3 is 0 Å². The lowest BCUT2D eigenvalue weighted by Crippen LogP contribution is -2.38. The predicted molar refractivity (Wildman–Crippen MR) is 114 cm³/mol. The third kappa shape index (κ3) is 3.66. The Balaban J connectivity index is 1.26. The zero-order chi connectivity index (χ0) is 19.8. The normalized spacial score (nSPS) is 15.1. The van der Waals surface area contributed by atoms with Gasteiger partial charge in [-0.3, -0.25) is 4.79 Å². The lowest BCUT2D eigenvalue weighted by molar-refractivity contribution is 0.0702. The maximum atomic E-state index is 12.9. The number of likely N-dealkylation sites (tertiary alicyclic amines) is 1. The number of carbonyl (C=O) groups is 1. The minimum atomic E-state index is -0.0864. The molecular weight excluding hydrogens is 406 g/mol. The molecule has 1 saturated heterocycles. The molecule has 1 amide bonds. The second-order valence-corrected chi connectivity index (χ2v) is 8.67. The topological polar surface area (TPSA) is 59.2 Å². The van der Waals surface area contributed by atoms with Gasteiger partial charge in [0.25, 0.3) is 5.91 Å². The zero-order valence-electron chi connectivity index (χ0n) is 15.5. The molecule has 4 aromatic rings. The monoisotopic (exact) mass is 423 g/mol. The summed E-state index contributed by atoms with van der Waals surface area (Å²) in [4.78, 5) is 19.5. The maximum Gasteiger partial charge on any atom is 0.276 e. The number of halogens is 1. The van der Waals surface area contributed by atoms with Crippen molar-refractivity contribution >= 4 is 39.1 Å². The van der Waals surface area contributed by atoms with Crippen molar-refractivity contribution < 1.29 is 9.32 Å². The van der Waals surface area contributed by atoms with Gasteiger partial charge in [-0.05, 0) is 49.2 Å². The first-order valence-corrected chi connectivity index (χ1v) is 10.7. The van der Waals surface area contributed by atoms with E-state index in [1.807, 2.05) is 29.2 Å². The molecule has 29 heavy (non-hydrogen) atoms. The second kappa shape index (κ2) is 7.61. The average Bonchev–Trinajstić information content (AvgIpc) is 3.41. The lowest BCUT2D eigenvalue weighted by Gasteiger charge is -2.30. The molecule has 2 aromatic carbocycles. The van der Waals surface area contributed by atoms with E-state index in [9.17, 15) is 4.79 Å². The first kappa shape index (κ1) is 18.3. The van der Waals surface area contributed by atoms with Gasteiger partial charge in [0.15, 0.2) is 11.5 Å². The van der Waals surface area contributed by atoms with Gasteiger partial charge in [-0.25, -0.2) is 4.98 Å². The Labute approximate surface area is 176 Å². The van der Waals surface area contributed by atoms with Crippen molar-refractivity contribution in [1.29, 1.82) is 0 Å². The van der Waals surface area contributed by atoms with Gasteiger partial charge in [-0.1, -0.05) is 28.9 Å². The van der Waals surface area contributed by atoms with E-state index in [2.05, 4.69) is 17.3 Å². The van der Waals surface area contributed by atoms with Gasteiger partial charge in [0.2, 0.25) is 0 Å². The van der Waals surface area contributed by atoms with Crippen LogP contribution >= 0.6 is 22.9 Å². The number of rotatable bonds is 3. The number of carbonyl (C=O) groups excluding carboxylic acids is 1. The van der Waals surface area contributed by atoms with Crippen molar-refractivity contribution in [2.45, 2.75) is 18.8 Å². The molecule has 0 bridgehead atoms. The highest BCUT2D eigenvalue weighted by Gasteiger charge is 2.28. The molecule has 0 atom stereocenters. The van der Waals surface area contributed by atoms with Gasteiger partial charge in [0.05, 0.1) is 15.2 Å². The number of para-hydroxylation sites is 1. The Morgan fingerprint density at radius 2 is 1.86 bits per heavy atom. The molecule has 0 N–H and O–H groups in total. The molecule has 1 aliphatic heterocycles. The Bertz CT molecular complexity index is 1130. The van der Waals surface area contributed by atoms with E-state index in [4.69, 9.17) is 21.1 Å². The number of amides is 1. The van der Waals surface area contributed by atoms with E-state index in [1.54, 1.807) is 29.5 Å². The Hall–Kier alpha value is -2.70. The molecule has 7 heteroatoms. The van der Waals surface area contributed by atoms with Crippen LogP contribution < -0.4 is 0 Å².